The van der Waals surface area contributed by atoms with Crippen molar-refractivity contribution >= 4 is 27.7 Å². The quantitative estimate of drug-likeness (QED) is 0.682. The highest BCUT2D eigenvalue weighted by molar-refractivity contribution is 9.10. The van der Waals surface area contributed by atoms with E-state index in [-0.39, 0.29) is 5.82 Å². The maximum absolute atomic E-state index is 11.1. The second kappa shape index (κ2) is 5.19. The summed E-state index contributed by atoms with van der Waals surface area (Å²) in [5, 5.41) is 14.5. The Morgan fingerprint density at radius 2 is 2.26 bits per heavy atom. The summed E-state index contributed by atoms with van der Waals surface area (Å²) < 4.78 is 1.73. The van der Waals surface area contributed by atoms with Crippen LogP contribution in [0.4, 0.5) is 5.82 Å². The van der Waals surface area contributed by atoms with Crippen LogP contribution in [0, 0.1) is 10.1 Å². The summed E-state index contributed by atoms with van der Waals surface area (Å²) in [4.78, 5) is 21.2. The summed E-state index contributed by atoms with van der Waals surface area (Å²) in [7, 11) is 0. The number of carbonyl (C=O) groups excluding carboxylic acids is 1. The average Bonchev–Trinajstić information content (AvgIpc) is 2.70. The average molecular weight is 325 g/mol. The third-order valence-corrected chi connectivity index (χ3v) is 2.99. The molecule has 8 heteroatoms. The van der Waals surface area contributed by atoms with Crippen LogP contribution < -0.4 is 5.73 Å². The first-order chi connectivity index (χ1) is 8.97. The lowest BCUT2D eigenvalue weighted by molar-refractivity contribution is -0.390. The van der Waals surface area contributed by atoms with E-state index in [9.17, 15) is 14.9 Å². The van der Waals surface area contributed by atoms with E-state index >= 15 is 0 Å². The second-order valence-electron chi connectivity index (χ2n) is 3.82. The second-order valence-corrected chi connectivity index (χ2v) is 4.67. The molecule has 98 valence electrons. The van der Waals surface area contributed by atoms with Crippen molar-refractivity contribution in [2.75, 3.05) is 0 Å². The van der Waals surface area contributed by atoms with Gasteiger partial charge < -0.3 is 15.8 Å². The van der Waals surface area contributed by atoms with Gasteiger partial charge in [-0.15, -0.1) is 0 Å². The van der Waals surface area contributed by atoms with Gasteiger partial charge in [-0.2, -0.15) is 4.68 Å². The summed E-state index contributed by atoms with van der Waals surface area (Å²) in [6, 6.07) is 6.72. The van der Waals surface area contributed by atoms with Crippen molar-refractivity contribution in [3.8, 4) is 0 Å². The van der Waals surface area contributed by atoms with Crippen LogP contribution in [-0.2, 0) is 6.54 Å². The van der Waals surface area contributed by atoms with Crippen LogP contribution in [0.25, 0.3) is 0 Å². The van der Waals surface area contributed by atoms with Crippen molar-refractivity contribution in [2.45, 2.75) is 6.54 Å². The van der Waals surface area contributed by atoms with Crippen molar-refractivity contribution in [3.63, 3.8) is 0 Å². The monoisotopic (exact) mass is 324 g/mol. The molecule has 0 saturated carbocycles. The molecule has 1 heterocycles. The van der Waals surface area contributed by atoms with E-state index in [2.05, 4.69) is 21.0 Å². The zero-order valence-corrected chi connectivity index (χ0v) is 11.2. The van der Waals surface area contributed by atoms with Gasteiger partial charge in [0.15, 0.2) is 0 Å². The van der Waals surface area contributed by atoms with Gasteiger partial charge in [-0.25, -0.2) is 0 Å². The van der Waals surface area contributed by atoms with Gasteiger partial charge in [0.1, 0.15) is 4.47 Å². The number of benzene rings is 1. The van der Waals surface area contributed by atoms with Crippen LogP contribution in [0.15, 0.2) is 34.9 Å². The van der Waals surface area contributed by atoms with Crippen LogP contribution in [0.3, 0.4) is 0 Å². The number of rotatable bonds is 4. The van der Waals surface area contributed by atoms with Crippen molar-refractivity contribution in [1.82, 2.24) is 9.78 Å². The molecule has 0 aliphatic rings. The van der Waals surface area contributed by atoms with Gasteiger partial charge in [0.25, 0.3) is 0 Å². The van der Waals surface area contributed by atoms with E-state index in [0.717, 1.165) is 5.56 Å². The number of hydrogen-bond donors (Lipinski definition) is 1. The zero-order valence-electron chi connectivity index (χ0n) is 9.62. The van der Waals surface area contributed by atoms with Gasteiger partial charge in [0.2, 0.25) is 5.91 Å². The molecule has 0 unspecified atom stereocenters. The molecular weight excluding hydrogens is 316 g/mol. The first-order valence-corrected chi connectivity index (χ1v) is 6.03. The van der Waals surface area contributed by atoms with Crippen molar-refractivity contribution in [1.29, 1.82) is 0 Å². The molecule has 0 fully saturated rings. The first-order valence-electron chi connectivity index (χ1n) is 5.23. The number of primary amides is 1. The number of nitrogens with zero attached hydrogens (tertiary/aromatic N) is 3. The molecule has 0 radical (unpaired) electrons. The fourth-order valence-electron chi connectivity index (χ4n) is 1.60. The molecule has 0 spiro atoms. The molecular formula is C11H9BrN4O3. The highest BCUT2D eigenvalue weighted by Crippen LogP contribution is 2.22. The molecule has 0 atom stereocenters. The predicted molar refractivity (Wildman–Crippen MR) is 70.6 cm³/mol. The molecule has 1 aromatic carbocycles. The van der Waals surface area contributed by atoms with Gasteiger partial charge in [0, 0.05) is 5.56 Å². The van der Waals surface area contributed by atoms with Gasteiger partial charge in [-0.1, -0.05) is 12.1 Å². The van der Waals surface area contributed by atoms with Crippen LogP contribution in [-0.4, -0.2) is 20.6 Å². The lowest BCUT2D eigenvalue weighted by atomic mass is 10.1. The number of amides is 1. The van der Waals surface area contributed by atoms with Crippen LogP contribution in [0.2, 0.25) is 0 Å². The van der Waals surface area contributed by atoms with Crippen LogP contribution in [0.1, 0.15) is 15.9 Å². The maximum atomic E-state index is 11.1. The standard InChI is InChI=1S/C11H9BrN4O3/c12-9-6-15(14-11(9)16(18)19)5-7-2-1-3-8(4-7)10(13)17/h1-4,6H,5H2,(H2,13,17). The molecule has 0 bridgehead atoms. The largest absolute Gasteiger partial charge is 0.404 e. The molecule has 1 amide bonds. The predicted octanol–water partition coefficient (Wildman–Crippen LogP) is 1.70. The van der Waals surface area contributed by atoms with Crippen molar-refractivity contribution in [2.24, 2.45) is 5.73 Å². The summed E-state index contributed by atoms with van der Waals surface area (Å²) in [5.41, 5.74) is 6.35. The normalized spacial score (nSPS) is 10.4. The minimum absolute atomic E-state index is 0.244. The van der Waals surface area contributed by atoms with Crippen molar-refractivity contribution in [3.05, 3.63) is 56.2 Å². The molecule has 0 saturated heterocycles. The van der Waals surface area contributed by atoms with E-state index < -0.39 is 10.8 Å². The van der Waals surface area contributed by atoms with E-state index in [4.69, 9.17) is 5.73 Å². The van der Waals surface area contributed by atoms with E-state index in [1.54, 1.807) is 24.3 Å². The summed E-state index contributed by atoms with van der Waals surface area (Å²) >= 11 is 3.07. The lowest BCUT2D eigenvalue weighted by Gasteiger charge is -2.00. The van der Waals surface area contributed by atoms with Crippen molar-refractivity contribution < 1.29 is 9.72 Å². The zero-order chi connectivity index (χ0) is 14.0. The number of nitro groups is 1. The fourth-order valence-corrected chi connectivity index (χ4v) is 2.06. The third-order valence-electron chi connectivity index (χ3n) is 2.43. The van der Waals surface area contributed by atoms with Crippen LogP contribution >= 0.6 is 15.9 Å². The van der Waals surface area contributed by atoms with Gasteiger partial charge in [0.05, 0.1) is 17.8 Å². The molecule has 7 nitrogen and oxygen atoms in total. The molecule has 19 heavy (non-hydrogen) atoms. The Kier molecular flexibility index (Phi) is 3.61. The minimum Gasteiger partial charge on any atom is -0.366 e. The molecule has 0 aliphatic carbocycles. The third kappa shape index (κ3) is 2.97. The Morgan fingerprint density at radius 3 is 2.84 bits per heavy atom. The highest BCUT2D eigenvalue weighted by atomic mass is 79.9. The van der Waals surface area contributed by atoms with Gasteiger partial charge in [-0.3, -0.25) is 4.79 Å². The molecule has 1 aromatic heterocycles. The number of halogens is 1. The fraction of sp³-hybridized carbons (Fsp3) is 0.0909. The lowest BCUT2D eigenvalue weighted by Crippen LogP contribution is -2.11. The Morgan fingerprint density at radius 1 is 1.53 bits per heavy atom. The van der Waals surface area contributed by atoms with E-state index in [0.29, 0.717) is 16.6 Å². The molecule has 2 N–H and O–H groups in total. The number of hydrogen-bond acceptors (Lipinski definition) is 4. The molecule has 2 rings (SSSR count). The summed E-state index contributed by atoms with van der Waals surface area (Å²) in [6.07, 6.45) is 1.51. The highest BCUT2D eigenvalue weighted by Gasteiger charge is 2.18. The summed E-state index contributed by atoms with van der Waals surface area (Å²) in [6.45, 7) is 0.313. The number of aromatic nitrogens is 2. The first kappa shape index (κ1) is 13.2. The number of carbonyl (C=O) groups is 1. The molecule has 0 aliphatic heterocycles. The smallest absolute Gasteiger partial charge is 0.366 e. The molecule has 2 aromatic rings. The Balaban J connectivity index is 2.26. The minimum atomic E-state index is -0.569. The Bertz CT molecular complexity index is 653. The van der Waals surface area contributed by atoms with Gasteiger partial charge in [-0.05, 0) is 38.5 Å². The van der Waals surface area contributed by atoms with E-state index in [1.807, 2.05) is 0 Å². The SMILES string of the molecule is NC(=O)c1cccc(Cn2cc(Br)c([N+](=O)[O-])n2)c1. The maximum Gasteiger partial charge on any atom is 0.404 e. The van der Waals surface area contributed by atoms with E-state index in [1.165, 1.54) is 10.9 Å². The van der Waals surface area contributed by atoms with Crippen LogP contribution in [0.5, 0.6) is 0 Å². The number of nitrogens with two attached hydrogens (primary N) is 1. The summed E-state index contributed by atoms with van der Waals surface area (Å²) in [5.74, 6) is -0.763. The van der Waals surface area contributed by atoms with Gasteiger partial charge >= 0.3 is 5.82 Å². The topological polar surface area (TPSA) is 104 Å². The Hall–Kier alpha value is -2.22. The Labute approximate surface area is 116 Å².